The Hall–Kier alpha value is 0.350. The van der Waals surface area contributed by atoms with Crippen molar-refractivity contribution in [3.05, 3.63) is 0 Å². The summed E-state index contributed by atoms with van der Waals surface area (Å²) in [6.45, 7) is 5.32. The van der Waals surface area contributed by atoms with Crippen LogP contribution in [0.3, 0.4) is 0 Å². The van der Waals surface area contributed by atoms with Gasteiger partial charge in [0.1, 0.15) is 0 Å². The average Bonchev–Trinajstić information content (AvgIpc) is 1.69. The van der Waals surface area contributed by atoms with Crippen LogP contribution in [0.2, 0.25) is 0 Å². The molecule has 0 aromatic rings. The third-order valence-corrected chi connectivity index (χ3v) is 1.02. The van der Waals surface area contributed by atoms with Gasteiger partial charge < -0.3 is 0 Å². The van der Waals surface area contributed by atoms with Gasteiger partial charge in [-0.2, -0.15) is 0 Å². The fourth-order valence-corrected chi connectivity index (χ4v) is 0.578. The number of rotatable bonds is 4. The molecule has 1 atom stereocenters. The summed E-state index contributed by atoms with van der Waals surface area (Å²) < 4.78 is 0. The van der Waals surface area contributed by atoms with Crippen LogP contribution in [0.4, 0.5) is 0 Å². The molecule has 0 aromatic heterocycles. The zero-order chi connectivity index (χ0) is 5.54. The third-order valence-electron chi connectivity index (χ3n) is 0.588. The van der Waals surface area contributed by atoms with E-state index in [4.69, 9.17) is 0 Å². The zero-order valence-electron chi connectivity index (χ0n) is 4.91. The van der Waals surface area contributed by atoms with Gasteiger partial charge in [0.15, 0.2) is 0 Å². The van der Waals surface area contributed by atoms with Crippen molar-refractivity contribution in [1.29, 1.82) is 0 Å². The van der Waals surface area contributed by atoms with Crippen molar-refractivity contribution < 1.29 is 0 Å². The van der Waals surface area contributed by atoms with Crippen LogP contribution in [0.15, 0.2) is 0 Å². The van der Waals surface area contributed by atoms with Crippen LogP contribution in [-0.2, 0) is 0 Å². The lowest BCUT2D eigenvalue weighted by Crippen LogP contribution is -2.24. The number of hydrogen-bond donors (Lipinski definition) is 2. The molecule has 44 valence electrons. The molecule has 0 fully saturated rings. The number of hydrazine groups is 1. The van der Waals surface area contributed by atoms with Crippen LogP contribution in [-0.4, -0.2) is 13.2 Å². The van der Waals surface area contributed by atoms with E-state index in [0.717, 1.165) is 15.3 Å². The van der Waals surface area contributed by atoms with Gasteiger partial charge in [0, 0.05) is 6.54 Å². The Bertz CT molecular complexity index is 28.9. The van der Waals surface area contributed by atoms with E-state index in [9.17, 15) is 0 Å². The molecule has 0 aliphatic rings. The molecule has 0 saturated carbocycles. The van der Waals surface area contributed by atoms with E-state index >= 15 is 0 Å². The van der Waals surface area contributed by atoms with Crippen LogP contribution in [0, 0.1) is 0 Å². The van der Waals surface area contributed by atoms with Gasteiger partial charge in [-0.1, -0.05) is 6.92 Å². The highest BCUT2D eigenvalue weighted by Crippen LogP contribution is 1.86. The largest absolute Gasteiger partial charge is 0.255 e. The molecule has 0 aliphatic heterocycles. The van der Waals surface area contributed by atoms with Crippen molar-refractivity contribution in [1.82, 2.24) is 10.6 Å². The zero-order valence-corrected chi connectivity index (χ0v) is 5.91. The lowest BCUT2D eigenvalue weighted by molar-refractivity contribution is 0.665. The first-order valence-electron chi connectivity index (χ1n) is 2.56. The van der Waals surface area contributed by atoms with Gasteiger partial charge in [-0.3, -0.25) is 5.43 Å². The maximum Gasteiger partial charge on any atom is 0.0100 e. The molecule has 0 saturated heterocycles. The SMILES string of the molecule is CCCNNPC. The summed E-state index contributed by atoms with van der Waals surface area (Å²) in [5, 5.41) is 3.03. The lowest BCUT2D eigenvalue weighted by atomic mass is 10.5. The Balaban J connectivity index is 2.45. The van der Waals surface area contributed by atoms with Crippen LogP contribution >= 0.6 is 8.73 Å². The molecule has 0 amide bonds. The van der Waals surface area contributed by atoms with E-state index in [1.165, 1.54) is 6.42 Å². The van der Waals surface area contributed by atoms with E-state index in [1.807, 2.05) is 0 Å². The van der Waals surface area contributed by atoms with Crippen molar-refractivity contribution in [2.24, 2.45) is 0 Å². The van der Waals surface area contributed by atoms with E-state index in [0.29, 0.717) is 0 Å². The highest BCUT2D eigenvalue weighted by molar-refractivity contribution is 7.34. The molecular formula is C4H13N2P. The van der Waals surface area contributed by atoms with Crippen LogP contribution in [0.5, 0.6) is 0 Å². The van der Waals surface area contributed by atoms with Crippen LogP contribution in [0.25, 0.3) is 0 Å². The first-order valence-corrected chi connectivity index (χ1v) is 4.06. The molecular weight excluding hydrogens is 107 g/mol. The van der Waals surface area contributed by atoms with Crippen LogP contribution < -0.4 is 10.6 Å². The minimum Gasteiger partial charge on any atom is -0.255 e. The summed E-state index contributed by atoms with van der Waals surface area (Å²) in [6.07, 6.45) is 1.19. The highest BCUT2D eigenvalue weighted by atomic mass is 31.1. The first kappa shape index (κ1) is 7.35. The monoisotopic (exact) mass is 120 g/mol. The van der Waals surface area contributed by atoms with Crippen molar-refractivity contribution in [3.63, 3.8) is 0 Å². The molecule has 3 heteroatoms. The average molecular weight is 120 g/mol. The Labute approximate surface area is 46.9 Å². The summed E-state index contributed by atoms with van der Waals surface area (Å²) in [7, 11) is 0.807. The van der Waals surface area contributed by atoms with E-state index in [-0.39, 0.29) is 0 Å². The number of hydrogen-bond acceptors (Lipinski definition) is 2. The van der Waals surface area contributed by atoms with E-state index in [2.05, 4.69) is 24.2 Å². The highest BCUT2D eigenvalue weighted by Gasteiger charge is 1.74. The van der Waals surface area contributed by atoms with Crippen molar-refractivity contribution in [2.75, 3.05) is 13.2 Å². The second kappa shape index (κ2) is 6.35. The molecule has 2 nitrogen and oxygen atoms in total. The second-order valence-electron chi connectivity index (χ2n) is 1.30. The van der Waals surface area contributed by atoms with Crippen molar-refractivity contribution in [3.8, 4) is 0 Å². The third kappa shape index (κ3) is 6.35. The van der Waals surface area contributed by atoms with Gasteiger partial charge in [0.05, 0.1) is 0 Å². The quantitative estimate of drug-likeness (QED) is 0.324. The van der Waals surface area contributed by atoms with Gasteiger partial charge in [0.2, 0.25) is 0 Å². The molecule has 0 heterocycles. The predicted octanol–water partition coefficient (Wildman–Crippen LogP) is 0.714. The summed E-state index contributed by atoms with van der Waals surface area (Å²) in [6, 6.07) is 0. The molecule has 2 N–H and O–H groups in total. The normalized spacial score (nSPS) is 11.1. The van der Waals surface area contributed by atoms with Gasteiger partial charge in [-0.15, -0.1) is 0 Å². The van der Waals surface area contributed by atoms with Gasteiger partial charge in [0.25, 0.3) is 0 Å². The smallest absolute Gasteiger partial charge is 0.0100 e. The predicted molar refractivity (Wildman–Crippen MR) is 35.7 cm³/mol. The van der Waals surface area contributed by atoms with Crippen molar-refractivity contribution in [2.45, 2.75) is 13.3 Å². The second-order valence-corrected chi connectivity index (χ2v) is 2.05. The Morgan fingerprint density at radius 1 is 1.57 bits per heavy atom. The van der Waals surface area contributed by atoms with Crippen molar-refractivity contribution >= 4 is 8.73 Å². The summed E-state index contributed by atoms with van der Waals surface area (Å²) >= 11 is 0. The lowest BCUT2D eigenvalue weighted by Gasteiger charge is -1.98. The molecule has 7 heavy (non-hydrogen) atoms. The van der Waals surface area contributed by atoms with Gasteiger partial charge in [-0.05, 0) is 21.8 Å². The molecule has 0 aliphatic carbocycles. The first-order chi connectivity index (χ1) is 3.41. The molecule has 0 spiro atoms. The topological polar surface area (TPSA) is 24.1 Å². The maximum atomic E-state index is 3.05. The summed E-state index contributed by atoms with van der Waals surface area (Å²) in [5.74, 6) is 0. The standard InChI is InChI=1S/C4H13N2P/c1-3-4-5-6-7-2/h5-7H,3-4H2,1-2H3. The Morgan fingerprint density at radius 3 is 2.71 bits per heavy atom. The molecule has 0 radical (unpaired) electrons. The summed E-state index contributed by atoms with van der Waals surface area (Å²) in [4.78, 5) is 0. The molecule has 1 unspecified atom stereocenters. The maximum absolute atomic E-state index is 3.05. The fraction of sp³-hybridized carbons (Fsp3) is 1.00. The van der Waals surface area contributed by atoms with E-state index in [1.54, 1.807) is 0 Å². The van der Waals surface area contributed by atoms with Gasteiger partial charge >= 0.3 is 0 Å². The Morgan fingerprint density at radius 2 is 2.29 bits per heavy atom. The van der Waals surface area contributed by atoms with Crippen LogP contribution in [0.1, 0.15) is 13.3 Å². The minimum atomic E-state index is 0.807. The van der Waals surface area contributed by atoms with Gasteiger partial charge in [-0.25, -0.2) is 5.20 Å². The molecule has 0 rings (SSSR count). The molecule has 0 bridgehead atoms. The summed E-state index contributed by atoms with van der Waals surface area (Å²) in [5.41, 5.74) is 3.05. The minimum absolute atomic E-state index is 0.807. The fourth-order valence-electron chi connectivity index (χ4n) is 0.276. The Kier molecular flexibility index (Phi) is 6.67. The molecule has 0 aromatic carbocycles. The number of nitrogens with one attached hydrogen (secondary N) is 2. The van der Waals surface area contributed by atoms with E-state index < -0.39 is 0 Å².